The molecule has 0 radical (unpaired) electrons. The quantitative estimate of drug-likeness (QED) is 0.685. The molecular formula is C16H24N2S. The first-order valence-electron chi connectivity index (χ1n) is 7.07. The van der Waals surface area contributed by atoms with Crippen LogP contribution in [0.5, 0.6) is 0 Å². The van der Waals surface area contributed by atoms with Gasteiger partial charge in [-0.05, 0) is 30.7 Å². The maximum absolute atomic E-state index is 9.29. The molecule has 2 nitrogen and oxygen atoms in total. The minimum absolute atomic E-state index is 0.699. The second kappa shape index (κ2) is 8.87. The van der Waals surface area contributed by atoms with Gasteiger partial charge in [-0.3, -0.25) is 0 Å². The largest absolute Gasteiger partial charge is 0.384 e. The minimum Gasteiger partial charge on any atom is -0.384 e. The summed E-state index contributed by atoms with van der Waals surface area (Å²) >= 11 is 1.63. The van der Waals surface area contributed by atoms with Gasteiger partial charge in [-0.25, -0.2) is 0 Å². The molecule has 0 bridgehead atoms. The van der Waals surface area contributed by atoms with E-state index in [4.69, 9.17) is 0 Å². The van der Waals surface area contributed by atoms with E-state index in [1.807, 2.05) is 24.5 Å². The van der Waals surface area contributed by atoms with Crippen molar-refractivity contribution >= 4 is 17.4 Å². The van der Waals surface area contributed by atoms with E-state index in [9.17, 15) is 5.26 Å². The fourth-order valence-electron chi connectivity index (χ4n) is 2.16. The molecule has 0 amide bonds. The number of rotatable bonds is 8. The molecule has 0 heterocycles. The fraction of sp³-hybridized carbons (Fsp3) is 0.562. The van der Waals surface area contributed by atoms with Crippen molar-refractivity contribution < 1.29 is 0 Å². The topological polar surface area (TPSA) is 35.8 Å². The van der Waals surface area contributed by atoms with Gasteiger partial charge in [0.25, 0.3) is 0 Å². The van der Waals surface area contributed by atoms with Crippen LogP contribution in [0, 0.1) is 17.2 Å². The maximum atomic E-state index is 9.29. The average Bonchev–Trinajstić information content (AvgIpc) is 2.46. The van der Waals surface area contributed by atoms with Gasteiger partial charge in [0.2, 0.25) is 0 Å². The molecule has 1 unspecified atom stereocenters. The molecule has 0 saturated carbocycles. The van der Waals surface area contributed by atoms with Crippen LogP contribution in [-0.2, 0) is 0 Å². The Bertz CT molecular complexity index is 423. The summed E-state index contributed by atoms with van der Waals surface area (Å²) in [6.07, 6.45) is 7.01. The molecule has 1 aromatic rings. The Morgan fingerprint density at radius 1 is 1.37 bits per heavy atom. The van der Waals surface area contributed by atoms with Crippen LogP contribution in [0.2, 0.25) is 0 Å². The summed E-state index contributed by atoms with van der Waals surface area (Å²) in [4.78, 5) is 1.05. The predicted octanol–water partition coefficient (Wildman–Crippen LogP) is 4.91. The van der Waals surface area contributed by atoms with E-state index in [-0.39, 0.29) is 0 Å². The van der Waals surface area contributed by atoms with Gasteiger partial charge in [0.1, 0.15) is 6.07 Å². The van der Waals surface area contributed by atoms with E-state index in [1.54, 1.807) is 11.8 Å². The molecule has 0 aliphatic carbocycles. The Balaban J connectivity index is 2.69. The lowest BCUT2D eigenvalue weighted by Gasteiger charge is -2.17. The van der Waals surface area contributed by atoms with Crippen LogP contribution < -0.4 is 5.32 Å². The van der Waals surface area contributed by atoms with Crippen LogP contribution >= 0.6 is 11.8 Å². The van der Waals surface area contributed by atoms with Gasteiger partial charge in [0.05, 0.1) is 11.3 Å². The first kappa shape index (κ1) is 15.9. The molecule has 19 heavy (non-hydrogen) atoms. The van der Waals surface area contributed by atoms with E-state index in [1.165, 1.54) is 25.7 Å². The highest BCUT2D eigenvalue weighted by molar-refractivity contribution is 7.98. The van der Waals surface area contributed by atoms with Crippen LogP contribution in [0.1, 0.15) is 45.1 Å². The van der Waals surface area contributed by atoms with E-state index >= 15 is 0 Å². The number of nitrogens with one attached hydrogen (secondary N) is 1. The molecule has 1 aromatic carbocycles. The molecular weight excluding hydrogens is 252 g/mol. The number of thioether (sulfide) groups is 1. The summed E-state index contributed by atoms with van der Waals surface area (Å²) in [7, 11) is 0. The molecule has 0 spiro atoms. The molecule has 0 fully saturated rings. The molecule has 0 saturated heterocycles. The zero-order chi connectivity index (χ0) is 14.1. The lowest BCUT2D eigenvalue weighted by atomic mass is 9.99. The Morgan fingerprint density at radius 3 is 2.74 bits per heavy atom. The average molecular weight is 276 g/mol. The Hall–Kier alpha value is -1.14. The van der Waals surface area contributed by atoms with Crippen LogP contribution in [0.4, 0.5) is 5.69 Å². The maximum Gasteiger partial charge on any atom is 0.102 e. The number of nitriles is 1. The van der Waals surface area contributed by atoms with Gasteiger partial charge in [-0.1, -0.05) is 39.2 Å². The van der Waals surface area contributed by atoms with Gasteiger partial charge >= 0.3 is 0 Å². The van der Waals surface area contributed by atoms with Crippen LogP contribution in [0.25, 0.3) is 0 Å². The molecule has 0 aliphatic heterocycles. The van der Waals surface area contributed by atoms with Crippen molar-refractivity contribution in [2.24, 2.45) is 5.92 Å². The van der Waals surface area contributed by atoms with Crippen molar-refractivity contribution in [3.8, 4) is 6.07 Å². The van der Waals surface area contributed by atoms with Crippen molar-refractivity contribution in [1.82, 2.24) is 0 Å². The smallest absolute Gasteiger partial charge is 0.102 e. The third kappa shape index (κ3) is 4.80. The number of benzene rings is 1. The predicted molar refractivity (Wildman–Crippen MR) is 84.7 cm³/mol. The lowest BCUT2D eigenvalue weighted by Crippen LogP contribution is -2.14. The lowest BCUT2D eigenvalue weighted by molar-refractivity contribution is 0.473. The van der Waals surface area contributed by atoms with Crippen molar-refractivity contribution in [2.45, 2.75) is 44.4 Å². The second-order valence-corrected chi connectivity index (χ2v) is 5.64. The van der Waals surface area contributed by atoms with Gasteiger partial charge < -0.3 is 5.32 Å². The molecule has 1 atom stereocenters. The van der Waals surface area contributed by atoms with Crippen molar-refractivity contribution in [1.29, 1.82) is 5.26 Å². The first-order chi connectivity index (χ1) is 9.26. The highest BCUT2D eigenvalue weighted by atomic mass is 32.2. The standard InChI is InChI=1S/C16H24N2S/c1-4-6-8-13(5-2)12-18-15-9-7-10-16(19-3)14(15)11-17/h7,9-10,13,18H,4-6,8,12H2,1-3H3. The van der Waals surface area contributed by atoms with E-state index < -0.39 is 0 Å². The van der Waals surface area contributed by atoms with E-state index in [2.05, 4.69) is 25.2 Å². The van der Waals surface area contributed by atoms with Gasteiger partial charge in [-0.2, -0.15) is 5.26 Å². The van der Waals surface area contributed by atoms with Crippen LogP contribution in [0.15, 0.2) is 23.1 Å². The SMILES string of the molecule is CCCCC(CC)CNc1cccc(SC)c1C#N. The molecule has 104 valence electrons. The van der Waals surface area contributed by atoms with Crippen molar-refractivity contribution in [3.05, 3.63) is 23.8 Å². The van der Waals surface area contributed by atoms with Crippen LogP contribution in [-0.4, -0.2) is 12.8 Å². The number of anilines is 1. The molecule has 3 heteroatoms. The van der Waals surface area contributed by atoms with Crippen molar-refractivity contribution in [3.63, 3.8) is 0 Å². The summed E-state index contributed by atoms with van der Waals surface area (Å²) < 4.78 is 0. The summed E-state index contributed by atoms with van der Waals surface area (Å²) in [5, 5.41) is 12.8. The second-order valence-electron chi connectivity index (χ2n) is 4.79. The summed E-state index contributed by atoms with van der Waals surface area (Å²) in [6, 6.07) is 8.34. The van der Waals surface area contributed by atoms with Crippen LogP contribution in [0.3, 0.4) is 0 Å². The third-order valence-electron chi connectivity index (χ3n) is 3.48. The Kier molecular flexibility index (Phi) is 7.43. The number of nitrogens with zero attached hydrogens (tertiary/aromatic N) is 1. The molecule has 1 N–H and O–H groups in total. The minimum atomic E-state index is 0.699. The number of hydrogen-bond acceptors (Lipinski definition) is 3. The van der Waals surface area contributed by atoms with E-state index in [0.29, 0.717) is 5.92 Å². The number of unbranched alkanes of at least 4 members (excludes halogenated alkanes) is 1. The highest BCUT2D eigenvalue weighted by Crippen LogP contribution is 2.26. The number of hydrogen-bond donors (Lipinski definition) is 1. The van der Waals surface area contributed by atoms with Gasteiger partial charge in [0.15, 0.2) is 0 Å². The van der Waals surface area contributed by atoms with Crippen molar-refractivity contribution in [2.75, 3.05) is 18.1 Å². The summed E-state index contributed by atoms with van der Waals surface area (Å²) in [5.41, 5.74) is 1.75. The molecule has 0 aliphatic rings. The monoisotopic (exact) mass is 276 g/mol. The first-order valence-corrected chi connectivity index (χ1v) is 8.30. The zero-order valence-electron chi connectivity index (χ0n) is 12.2. The summed E-state index contributed by atoms with van der Waals surface area (Å²) in [5.74, 6) is 0.699. The third-order valence-corrected chi connectivity index (χ3v) is 4.26. The normalized spacial score (nSPS) is 11.9. The molecule has 1 rings (SSSR count). The fourth-order valence-corrected chi connectivity index (χ4v) is 2.74. The zero-order valence-corrected chi connectivity index (χ0v) is 13.0. The van der Waals surface area contributed by atoms with Gasteiger partial charge in [0, 0.05) is 11.4 Å². The highest BCUT2D eigenvalue weighted by Gasteiger charge is 2.10. The Labute approximate surface area is 121 Å². The Morgan fingerprint density at radius 2 is 2.16 bits per heavy atom. The summed E-state index contributed by atoms with van der Waals surface area (Å²) in [6.45, 7) is 5.43. The van der Waals surface area contributed by atoms with Gasteiger partial charge in [-0.15, -0.1) is 11.8 Å². The molecule has 0 aromatic heterocycles. The van der Waals surface area contributed by atoms with E-state index in [0.717, 1.165) is 22.7 Å².